The van der Waals surface area contributed by atoms with Gasteiger partial charge in [0.05, 0.1) is 0 Å². The average Bonchev–Trinajstić information content (AvgIpc) is 2.44. The van der Waals surface area contributed by atoms with Gasteiger partial charge in [0, 0.05) is 18.7 Å². The molecule has 0 unspecified atom stereocenters. The SMILES string of the molecule is CC.CC.O=c1ccnc(CC2CCNCC2)[nH]1. The lowest BCUT2D eigenvalue weighted by Crippen LogP contribution is -2.29. The first kappa shape index (κ1) is 16.8. The zero-order valence-corrected chi connectivity index (χ0v) is 12.1. The summed E-state index contributed by atoms with van der Waals surface area (Å²) in [5.41, 5.74) is -0.0519. The summed E-state index contributed by atoms with van der Waals surface area (Å²) in [6.07, 6.45) is 4.84. The minimum Gasteiger partial charge on any atom is -0.317 e. The molecule has 1 aromatic rings. The molecule has 4 heteroatoms. The monoisotopic (exact) mass is 253 g/mol. The molecule has 1 aliphatic rings. The summed E-state index contributed by atoms with van der Waals surface area (Å²) in [6, 6.07) is 1.45. The van der Waals surface area contributed by atoms with Crippen LogP contribution in [-0.4, -0.2) is 23.1 Å². The number of nitrogens with one attached hydrogen (secondary N) is 2. The molecule has 0 radical (unpaired) electrons. The Morgan fingerprint density at radius 1 is 1.22 bits per heavy atom. The molecule has 0 atom stereocenters. The van der Waals surface area contributed by atoms with Crippen LogP contribution in [0, 0.1) is 5.92 Å². The second kappa shape index (κ2) is 11.0. The van der Waals surface area contributed by atoms with Gasteiger partial charge in [-0.2, -0.15) is 0 Å². The van der Waals surface area contributed by atoms with E-state index in [4.69, 9.17) is 0 Å². The second-order valence-corrected chi connectivity index (χ2v) is 3.78. The number of aromatic amines is 1. The van der Waals surface area contributed by atoms with Crippen LogP contribution in [0.3, 0.4) is 0 Å². The number of H-pyrrole nitrogens is 1. The van der Waals surface area contributed by atoms with Crippen LogP contribution in [0.1, 0.15) is 46.4 Å². The molecule has 0 saturated carbocycles. The largest absolute Gasteiger partial charge is 0.317 e. The highest BCUT2D eigenvalue weighted by atomic mass is 16.1. The first-order chi connectivity index (χ1) is 8.84. The lowest BCUT2D eigenvalue weighted by molar-refractivity contribution is 0.367. The predicted octanol–water partition coefficient (Wildman–Crippen LogP) is 2.36. The van der Waals surface area contributed by atoms with Gasteiger partial charge in [-0.3, -0.25) is 4.79 Å². The summed E-state index contributed by atoms with van der Waals surface area (Å²) in [4.78, 5) is 17.9. The maximum Gasteiger partial charge on any atom is 0.250 e. The lowest BCUT2D eigenvalue weighted by atomic mass is 9.94. The molecule has 2 rings (SSSR count). The highest BCUT2D eigenvalue weighted by Crippen LogP contribution is 2.14. The molecule has 1 fully saturated rings. The summed E-state index contributed by atoms with van der Waals surface area (Å²) < 4.78 is 0. The summed E-state index contributed by atoms with van der Waals surface area (Å²) in [5, 5.41) is 3.32. The van der Waals surface area contributed by atoms with Crippen molar-refractivity contribution in [3.8, 4) is 0 Å². The molecule has 1 aromatic heterocycles. The Kier molecular flexibility index (Phi) is 10.3. The van der Waals surface area contributed by atoms with E-state index in [0.29, 0.717) is 5.92 Å². The van der Waals surface area contributed by atoms with Gasteiger partial charge >= 0.3 is 0 Å². The van der Waals surface area contributed by atoms with E-state index >= 15 is 0 Å². The van der Waals surface area contributed by atoms with E-state index in [1.165, 1.54) is 18.9 Å². The minimum absolute atomic E-state index is 0.0519. The van der Waals surface area contributed by atoms with Crippen molar-refractivity contribution in [2.75, 3.05) is 13.1 Å². The smallest absolute Gasteiger partial charge is 0.250 e. The number of hydrogen-bond donors (Lipinski definition) is 2. The summed E-state index contributed by atoms with van der Waals surface area (Å²) in [6.45, 7) is 10.2. The highest BCUT2D eigenvalue weighted by Gasteiger charge is 2.14. The third-order valence-corrected chi connectivity index (χ3v) is 2.66. The highest BCUT2D eigenvalue weighted by molar-refractivity contribution is 4.91. The van der Waals surface area contributed by atoms with Crippen molar-refractivity contribution in [3.63, 3.8) is 0 Å². The van der Waals surface area contributed by atoms with Crippen LogP contribution >= 0.6 is 0 Å². The van der Waals surface area contributed by atoms with Crippen molar-refractivity contribution < 1.29 is 0 Å². The van der Waals surface area contributed by atoms with Gasteiger partial charge in [-0.25, -0.2) is 4.98 Å². The Balaban J connectivity index is 0.000000659. The predicted molar refractivity (Wildman–Crippen MR) is 76.9 cm³/mol. The van der Waals surface area contributed by atoms with Crippen molar-refractivity contribution in [2.45, 2.75) is 47.0 Å². The van der Waals surface area contributed by atoms with Gasteiger partial charge in [0.2, 0.25) is 0 Å². The number of aromatic nitrogens is 2. The van der Waals surface area contributed by atoms with E-state index < -0.39 is 0 Å². The van der Waals surface area contributed by atoms with Gasteiger partial charge in [-0.05, 0) is 31.8 Å². The van der Waals surface area contributed by atoms with Crippen LogP contribution in [0.4, 0.5) is 0 Å². The van der Waals surface area contributed by atoms with Crippen molar-refractivity contribution >= 4 is 0 Å². The first-order valence-electron chi connectivity index (χ1n) is 7.09. The number of hydrogen-bond acceptors (Lipinski definition) is 3. The molecule has 1 aliphatic heterocycles. The summed E-state index contributed by atoms with van der Waals surface area (Å²) in [7, 11) is 0. The van der Waals surface area contributed by atoms with E-state index in [1.807, 2.05) is 27.7 Å². The third kappa shape index (κ3) is 6.55. The fourth-order valence-electron chi connectivity index (χ4n) is 1.87. The maximum atomic E-state index is 11.0. The standard InChI is InChI=1S/C10H15N3O.2C2H6/c14-10-3-6-12-9(13-10)7-8-1-4-11-5-2-8;2*1-2/h3,6,8,11H,1-2,4-5,7H2,(H,12,13,14);2*1-2H3. The van der Waals surface area contributed by atoms with Gasteiger partial charge in [0.25, 0.3) is 5.56 Å². The van der Waals surface area contributed by atoms with Crippen LogP contribution in [0.2, 0.25) is 0 Å². The van der Waals surface area contributed by atoms with Gasteiger partial charge in [-0.1, -0.05) is 27.7 Å². The first-order valence-corrected chi connectivity index (χ1v) is 7.09. The summed E-state index contributed by atoms with van der Waals surface area (Å²) >= 11 is 0. The van der Waals surface area contributed by atoms with Crippen LogP contribution in [0.5, 0.6) is 0 Å². The molecule has 2 N–H and O–H groups in total. The molecule has 1 saturated heterocycles. The fraction of sp³-hybridized carbons (Fsp3) is 0.714. The number of rotatable bonds is 2. The molecule has 4 nitrogen and oxygen atoms in total. The molecular formula is C14H27N3O. The summed E-state index contributed by atoms with van der Waals surface area (Å²) in [5.74, 6) is 1.49. The van der Waals surface area contributed by atoms with Gasteiger partial charge < -0.3 is 10.3 Å². The molecule has 0 spiro atoms. The van der Waals surface area contributed by atoms with E-state index in [2.05, 4.69) is 15.3 Å². The van der Waals surface area contributed by atoms with Crippen molar-refractivity contribution in [2.24, 2.45) is 5.92 Å². The molecule has 0 aliphatic carbocycles. The van der Waals surface area contributed by atoms with E-state index in [9.17, 15) is 4.79 Å². The Bertz CT molecular complexity index is 343. The zero-order chi connectivity index (χ0) is 13.8. The van der Waals surface area contributed by atoms with E-state index in [1.54, 1.807) is 6.20 Å². The number of nitrogens with zero attached hydrogens (tertiary/aromatic N) is 1. The van der Waals surface area contributed by atoms with Gasteiger partial charge in [0.1, 0.15) is 5.82 Å². The Morgan fingerprint density at radius 2 is 1.83 bits per heavy atom. The third-order valence-electron chi connectivity index (χ3n) is 2.66. The molecular weight excluding hydrogens is 226 g/mol. The average molecular weight is 253 g/mol. The van der Waals surface area contributed by atoms with Crippen LogP contribution in [0.25, 0.3) is 0 Å². The molecule has 0 aromatic carbocycles. The maximum absolute atomic E-state index is 11.0. The Labute approximate surface area is 110 Å². The minimum atomic E-state index is -0.0519. The quantitative estimate of drug-likeness (QED) is 0.850. The topological polar surface area (TPSA) is 57.8 Å². The van der Waals surface area contributed by atoms with Crippen LogP contribution in [0.15, 0.2) is 17.1 Å². The molecule has 18 heavy (non-hydrogen) atoms. The van der Waals surface area contributed by atoms with Gasteiger partial charge in [-0.15, -0.1) is 0 Å². The second-order valence-electron chi connectivity index (χ2n) is 3.78. The van der Waals surface area contributed by atoms with Crippen molar-refractivity contribution in [3.05, 3.63) is 28.4 Å². The van der Waals surface area contributed by atoms with Gasteiger partial charge in [0.15, 0.2) is 0 Å². The normalized spacial score (nSPS) is 14.9. The molecule has 0 bridgehead atoms. The molecule has 0 amide bonds. The lowest BCUT2D eigenvalue weighted by Gasteiger charge is -2.21. The molecule has 2 heterocycles. The number of piperidine rings is 1. The fourth-order valence-corrected chi connectivity index (χ4v) is 1.87. The van der Waals surface area contributed by atoms with E-state index in [-0.39, 0.29) is 5.56 Å². The van der Waals surface area contributed by atoms with Crippen LogP contribution < -0.4 is 10.9 Å². The van der Waals surface area contributed by atoms with Crippen LogP contribution in [-0.2, 0) is 6.42 Å². The molecule has 104 valence electrons. The Morgan fingerprint density at radius 3 is 2.39 bits per heavy atom. The van der Waals surface area contributed by atoms with Crippen molar-refractivity contribution in [1.82, 2.24) is 15.3 Å². The van der Waals surface area contributed by atoms with Crippen molar-refractivity contribution in [1.29, 1.82) is 0 Å². The Hall–Kier alpha value is -1.16. The zero-order valence-electron chi connectivity index (χ0n) is 12.1. The van der Waals surface area contributed by atoms with E-state index in [0.717, 1.165) is 25.3 Å².